The van der Waals surface area contributed by atoms with Crippen LogP contribution in [0.1, 0.15) is 33.6 Å². The van der Waals surface area contributed by atoms with E-state index in [4.69, 9.17) is 19.7 Å². The van der Waals surface area contributed by atoms with Gasteiger partial charge in [0.05, 0.1) is 11.1 Å². The Labute approximate surface area is 202 Å². The smallest absolute Gasteiger partial charge is 0.339 e. The van der Waals surface area contributed by atoms with Crippen molar-refractivity contribution in [2.75, 3.05) is 23.9 Å². The highest BCUT2D eigenvalue weighted by Gasteiger charge is 2.19. The molecule has 0 heterocycles. The fraction of sp³-hybridized carbons (Fsp3) is 0.273. The molecule has 174 valence electrons. The van der Waals surface area contributed by atoms with Gasteiger partial charge >= 0.3 is 23.9 Å². The summed E-state index contributed by atoms with van der Waals surface area (Å²) in [4.78, 5) is 44.9. The SMILES string of the molecule is C=CCOC(=O)c1ccccc1C(=O)OCC=C.O=C(O)C(CCBr)=C(CCBr)C(=O)O. The molecule has 0 atom stereocenters. The normalized spacial score (nSPS) is 10.6. The first-order chi connectivity index (χ1) is 15.2. The minimum absolute atomic E-state index is 0.0335. The first-order valence-electron chi connectivity index (χ1n) is 9.20. The minimum atomic E-state index is -1.16. The lowest BCUT2D eigenvalue weighted by Gasteiger charge is -2.07. The molecular weight excluding hydrogens is 552 g/mol. The van der Waals surface area contributed by atoms with Gasteiger partial charge in [-0.25, -0.2) is 19.2 Å². The van der Waals surface area contributed by atoms with E-state index < -0.39 is 23.9 Å². The Morgan fingerprint density at radius 1 is 0.781 bits per heavy atom. The van der Waals surface area contributed by atoms with Crippen LogP contribution in [0.3, 0.4) is 0 Å². The Morgan fingerprint density at radius 3 is 1.38 bits per heavy atom. The largest absolute Gasteiger partial charge is 0.478 e. The van der Waals surface area contributed by atoms with Crippen molar-refractivity contribution in [3.63, 3.8) is 0 Å². The Morgan fingerprint density at radius 2 is 1.12 bits per heavy atom. The first kappa shape index (κ1) is 29.3. The second-order valence-corrected chi connectivity index (χ2v) is 7.35. The lowest BCUT2D eigenvalue weighted by molar-refractivity contribution is -0.136. The monoisotopic (exact) mass is 574 g/mol. The molecule has 0 aliphatic heterocycles. The van der Waals surface area contributed by atoms with Crippen molar-refractivity contribution < 1.29 is 38.9 Å². The number of halogens is 2. The number of rotatable bonds is 12. The van der Waals surface area contributed by atoms with E-state index in [1.54, 1.807) is 12.1 Å². The van der Waals surface area contributed by atoms with E-state index >= 15 is 0 Å². The van der Waals surface area contributed by atoms with Crippen molar-refractivity contribution >= 4 is 55.7 Å². The lowest BCUT2D eigenvalue weighted by atomic mass is 10.0. The zero-order valence-electron chi connectivity index (χ0n) is 17.2. The summed E-state index contributed by atoms with van der Waals surface area (Å²) >= 11 is 6.17. The van der Waals surface area contributed by atoms with Crippen LogP contribution >= 0.6 is 31.9 Å². The maximum Gasteiger partial charge on any atom is 0.339 e. The number of alkyl halides is 2. The molecule has 0 radical (unpaired) electrons. The van der Waals surface area contributed by atoms with E-state index in [1.165, 1.54) is 24.3 Å². The van der Waals surface area contributed by atoms with Crippen LogP contribution in [0, 0.1) is 0 Å². The fourth-order valence-corrected chi connectivity index (χ4v) is 3.02. The summed E-state index contributed by atoms with van der Waals surface area (Å²) in [6.45, 7) is 7.07. The van der Waals surface area contributed by atoms with Crippen molar-refractivity contribution in [3.8, 4) is 0 Å². The number of aliphatic carboxylic acids is 2. The van der Waals surface area contributed by atoms with Crippen LogP contribution in [-0.4, -0.2) is 58.0 Å². The van der Waals surface area contributed by atoms with Gasteiger partial charge in [0.2, 0.25) is 0 Å². The van der Waals surface area contributed by atoms with E-state index in [1.807, 2.05) is 0 Å². The second kappa shape index (κ2) is 16.9. The third-order valence-electron chi connectivity index (χ3n) is 3.60. The average molecular weight is 576 g/mol. The van der Waals surface area contributed by atoms with E-state index in [2.05, 4.69) is 45.0 Å². The molecule has 1 rings (SSSR count). The zero-order valence-corrected chi connectivity index (χ0v) is 20.4. The molecule has 8 nitrogen and oxygen atoms in total. The molecule has 1 aromatic rings. The molecule has 0 fully saturated rings. The highest BCUT2D eigenvalue weighted by atomic mass is 79.9. The summed E-state index contributed by atoms with van der Waals surface area (Å²) in [5.41, 5.74) is 0.282. The van der Waals surface area contributed by atoms with Crippen LogP contribution in [0.2, 0.25) is 0 Å². The van der Waals surface area contributed by atoms with Crippen molar-refractivity contribution in [2.45, 2.75) is 12.8 Å². The quantitative estimate of drug-likeness (QED) is 0.162. The third kappa shape index (κ3) is 10.5. The van der Waals surface area contributed by atoms with Crippen LogP contribution < -0.4 is 0 Å². The molecule has 2 N–H and O–H groups in total. The highest BCUT2D eigenvalue weighted by molar-refractivity contribution is 9.09. The molecular formula is C22H24Br2O8. The molecule has 0 spiro atoms. The summed E-state index contributed by atoms with van der Waals surface area (Å²) in [6.07, 6.45) is 3.33. The molecule has 0 amide bonds. The van der Waals surface area contributed by atoms with Gasteiger partial charge in [0.15, 0.2) is 0 Å². The van der Waals surface area contributed by atoms with Crippen LogP contribution in [-0.2, 0) is 19.1 Å². The van der Waals surface area contributed by atoms with Gasteiger partial charge in [-0.05, 0) is 25.0 Å². The first-order valence-corrected chi connectivity index (χ1v) is 11.4. The molecule has 0 aliphatic rings. The Kier molecular flexibility index (Phi) is 15.5. The standard InChI is InChI=1S/C14H14O4.C8H10Br2O4/c1-3-9-17-13(15)11-7-5-6-8-12(11)14(16)18-10-4-2;9-3-1-5(7(11)12)6(2-4-10)8(13)14/h3-8H,1-2,9-10H2;1-4H2,(H,11,12)(H,13,14). The van der Waals surface area contributed by atoms with E-state index in [0.29, 0.717) is 10.7 Å². The van der Waals surface area contributed by atoms with Gasteiger partial charge in [0.25, 0.3) is 0 Å². The molecule has 0 unspecified atom stereocenters. The Bertz CT molecular complexity index is 792. The maximum absolute atomic E-state index is 11.7. The van der Waals surface area contributed by atoms with Crippen molar-refractivity contribution in [3.05, 3.63) is 71.8 Å². The number of ether oxygens (including phenoxy) is 2. The van der Waals surface area contributed by atoms with Gasteiger partial charge in [-0.1, -0.05) is 69.3 Å². The van der Waals surface area contributed by atoms with Crippen molar-refractivity contribution in [1.29, 1.82) is 0 Å². The number of carbonyl (C=O) groups excluding carboxylic acids is 2. The number of hydrogen-bond donors (Lipinski definition) is 2. The number of hydrogen-bond acceptors (Lipinski definition) is 6. The third-order valence-corrected chi connectivity index (χ3v) is 4.39. The summed E-state index contributed by atoms with van der Waals surface area (Å²) in [7, 11) is 0. The second-order valence-electron chi connectivity index (χ2n) is 5.77. The van der Waals surface area contributed by atoms with E-state index in [9.17, 15) is 19.2 Å². The highest BCUT2D eigenvalue weighted by Crippen LogP contribution is 2.16. The van der Waals surface area contributed by atoms with Gasteiger partial charge in [-0.3, -0.25) is 0 Å². The summed E-state index contributed by atoms with van der Waals surface area (Å²) in [5, 5.41) is 18.5. The number of benzene rings is 1. The van der Waals surface area contributed by atoms with Crippen LogP contribution in [0.25, 0.3) is 0 Å². The molecule has 0 saturated heterocycles. The fourth-order valence-electron chi connectivity index (χ4n) is 2.23. The summed E-state index contributed by atoms with van der Waals surface area (Å²) in [5.74, 6) is -3.49. The van der Waals surface area contributed by atoms with Gasteiger partial charge in [0.1, 0.15) is 13.2 Å². The predicted octanol–water partition coefficient (Wildman–Crippen LogP) is 4.39. The Balaban J connectivity index is 0.000000622. The van der Waals surface area contributed by atoms with Crippen molar-refractivity contribution in [1.82, 2.24) is 0 Å². The topological polar surface area (TPSA) is 127 Å². The number of carboxylic acids is 2. The molecule has 1 aromatic carbocycles. The predicted molar refractivity (Wildman–Crippen MR) is 127 cm³/mol. The van der Waals surface area contributed by atoms with Gasteiger partial charge in [-0.2, -0.15) is 0 Å². The number of esters is 2. The van der Waals surface area contributed by atoms with Crippen LogP contribution in [0.15, 0.2) is 60.7 Å². The molecule has 32 heavy (non-hydrogen) atoms. The van der Waals surface area contributed by atoms with E-state index in [-0.39, 0.29) is 48.3 Å². The van der Waals surface area contributed by atoms with Crippen LogP contribution in [0.4, 0.5) is 0 Å². The molecule has 0 aromatic heterocycles. The summed E-state index contributed by atoms with van der Waals surface area (Å²) < 4.78 is 9.78. The van der Waals surface area contributed by atoms with Gasteiger partial charge < -0.3 is 19.7 Å². The van der Waals surface area contributed by atoms with Gasteiger partial charge in [0, 0.05) is 21.8 Å². The minimum Gasteiger partial charge on any atom is -0.478 e. The van der Waals surface area contributed by atoms with Crippen molar-refractivity contribution in [2.24, 2.45) is 0 Å². The maximum atomic E-state index is 11.7. The molecule has 10 heteroatoms. The zero-order chi connectivity index (χ0) is 24.5. The van der Waals surface area contributed by atoms with Gasteiger partial charge in [-0.15, -0.1) is 0 Å². The number of carbonyl (C=O) groups is 4. The average Bonchev–Trinajstić information content (AvgIpc) is 2.78. The molecule has 0 saturated carbocycles. The summed E-state index contributed by atoms with van der Waals surface area (Å²) in [6, 6.07) is 6.31. The van der Waals surface area contributed by atoms with E-state index in [0.717, 1.165) is 0 Å². The molecule has 0 bridgehead atoms. The molecule has 0 aliphatic carbocycles. The van der Waals surface area contributed by atoms with Crippen LogP contribution in [0.5, 0.6) is 0 Å². The number of carboxylic acid groups (broad SMARTS) is 2. The Hall–Kier alpha value is -2.72. The lowest BCUT2D eigenvalue weighted by Crippen LogP contribution is -2.14.